The summed E-state index contributed by atoms with van der Waals surface area (Å²) >= 11 is 0. The van der Waals surface area contributed by atoms with Gasteiger partial charge in [0, 0.05) is 11.3 Å². The van der Waals surface area contributed by atoms with Crippen molar-refractivity contribution in [3.05, 3.63) is 35.0 Å². The summed E-state index contributed by atoms with van der Waals surface area (Å²) in [5.74, 6) is 1.45. The normalized spacial score (nSPS) is 17.9. The molecule has 0 aromatic heterocycles. The van der Waals surface area contributed by atoms with E-state index in [9.17, 15) is 4.79 Å². The van der Waals surface area contributed by atoms with Gasteiger partial charge in [0.25, 0.3) is 0 Å². The maximum Gasteiger partial charge on any atom is 0.193 e. The summed E-state index contributed by atoms with van der Waals surface area (Å²) in [5, 5.41) is 2.89. The van der Waals surface area contributed by atoms with Crippen molar-refractivity contribution in [3.8, 4) is 11.5 Å². The van der Waals surface area contributed by atoms with E-state index in [-0.39, 0.29) is 11.7 Å². The number of carbonyl (C=O) groups is 1. The van der Waals surface area contributed by atoms with Crippen LogP contribution in [-0.4, -0.2) is 26.0 Å². The number of nitrogens with zero attached hydrogens (tertiary/aromatic N) is 1. The Morgan fingerprint density at radius 3 is 2.52 bits per heavy atom. The molecule has 0 spiro atoms. The minimum absolute atomic E-state index is 0.0453. The highest BCUT2D eigenvalue weighted by Gasteiger charge is 2.27. The van der Waals surface area contributed by atoms with E-state index < -0.39 is 6.04 Å². The van der Waals surface area contributed by atoms with Crippen LogP contribution in [0.15, 0.2) is 34.5 Å². The Hall–Kier alpha value is -2.50. The van der Waals surface area contributed by atoms with E-state index in [2.05, 4.69) is 10.3 Å². The van der Waals surface area contributed by atoms with Crippen molar-refractivity contribution in [3.63, 3.8) is 0 Å². The highest BCUT2D eigenvalue weighted by Crippen LogP contribution is 2.36. The lowest BCUT2D eigenvalue weighted by Gasteiger charge is -2.24. The topological polar surface area (TPSA) is 85.9 Å². The van der Waals surface area contributed by atoms with Crippen molar-refractivity contribution in [1.29, 1.82) is 0 Å². The number of guanidine groups is 1. The van der Waals surface area contributed by atoms with Gasteiger partial charge in [-0.2, -0.15) is 0 Å². The lowest BCUT2D eigenvalue weighted by molar-refractivity contribution is -0.113. The predicted molar refractivity (Wildman–Crippen MR) is 80.4 cm³/mol. The van der Waals surface area contributed by atoms with Crippen LogP contribution in [0.4, 0.5) is 0 Å². The fourth-order valence-corrected chi connectivity index (χ4v) is 2.42. The minimum atomic E-state index is -0.441. The summed E-state index contributed by atoms with van der Waals surface area (Å²) in [5.41, 5.74) is 7.91. The highest BCUT2D eigenvalue weighted by molar-refractivity contribution is 5.98. The molecule has 1 aliphatic heterocycles. The number of carbonyl (C=O) groups excluding carboxylic acids is 1. The maximum atomic E-state index is 11.9. The number of nitrogens with one attached hydrogen (secondary N) is 1. The van der Waals surface area contributed by atoms with Crippen LogP contribution in [-0.2, 0) is 4.79 Å². The Bertz CT molecular complexity index is 635. The number of nitrogens with two attached hydrogens (primary N) is 1. The average Bonchev–Trinajstić information content (AvgIpc) is 2.45. The molecule has 0 amide bonds. The molecule has 1 unspecified atom stereocenters. The molecule has 1 aromatic carbocycles. The molecule has 112 valence electrons. The van der Waals surface area contributed by atoms with Gasteiger partial charge in [0.1, 0.15) is 6.04 Å². The summed E-state index contributed by atoms with van der Waals surface area (Å²) < 4.78 is 10.5. The lowest BCUT2D eigenvalue weighted by Crippen LogP contribution is -2.36. The lowest BCUT2D eigenvalue weighted by atomic mass is 9.93. The number of benzene rings is 1. The zero-order valence-electron chi connectivity index (χ0n) is 12.6. The van der Waals surface area contributed by atoms with E-state index >= 15 is 0 Å². The van der Waals surface area contributed by atoms with Crippen LogP contribution in [0.2, 0.25) is 0 Å². The number of methoxy groups -OCH3 is 2. The third-order valence-corrected chi connectivity index (χ3v) is 3.36. The number of hydrogen-bond acceptors (Lipinski definition) is 6. The van der Waals surface area contributed by atoms with Gasteiger partial charge in [0.15, 0.2) is 23.2 Å². The molecule has 1 aliphatic rings. The second kappa shape index (κ2) is 5.87. The van der Waals surface area contributed by atoms with Crippen LogP contribution < -0.4 is 20.5 Å². The molecule has 21 heavy (non-hydrogen) atoms. The number of allylic oxidation sites excluding steroid dienone is 1. The summed E-state index contributed by atoms with van der Waals surface area (Å²) in [6.07, 6.45) is 0. The fourth-order valence-electron chi connectivity index (χ4n) is 2.42. The summed E-state index contributed by atoms with van der Waals surface area (Å²) in [6, 6.07) is 5.00. The molecule has 0 saturated carbocycles. The number of rotatable bonds is 4. The van der Waals surface area contributed by atoms with Crippen LogP contribution in [0, 0.1) is 0 Å². The summed E-state index contributed by atoms with van der Waals surface area (Å²) in [6.45, 7) is 3.33. The summed E-state index contributed by atoms with van der Waals surface area (Å²) in [7, 11) is 3.14. The molecule has 6 nitrogen and oxygen atoms in total. The molecule has 0 saturated heterocycles. The summed E-state index contributed by atoms with van der Waals surface area (Å²) in [4.78, 5) is 16.3. The Morgan fingerprint density at radius 1 is 1.29 bits per heavy atom. The van der Waals surface area contributed by atoms with E-state index in [1.807, 2.05) is 19.1 Å². The van der Waals surface area contributed by atoms with Crippen molar-refractivity contribution >= 4 is 11.7 Å². The predicted octanol–water partition coefficient (Wildman–Crippen LogP) is 1.53. The third-order valence-electron chi connectivity index (χ3n) is 3.36. The fraction of sp³-hybridized carbons (Fsp3) is 0.333. The van der Waals surface area contributed by atoms with Gasteiger partial charge < -0.3 is 20.5 Å². The maximum absolute atomic E-state index is 11.9. The standard InChI is InChI=1S/C15H19N3O3/c1-8-13(9(2)19)14(18-15(16)17-8)10-5-6-11(20-3)12(7-10)21-4/h5-7,14H,1-4H3,(H3,16,17,18). The quantitative estimate of drug-likeness (QED) is 0.877. The molecular weight excluding hydrogens is 270 g/mol. The minimum Gasteiger partial charge on any atom is -0.493 e. The first-order valence-corrected chi connectivity index (χ1v) is 6.51. The Kier molecular flexibility index (Phi) is 4.16. The van der Waals surface area contributed by atoms with E-state index in [1.54, 1.807) is 20.3 Å². The number of ketones is 1. The Balaban J connectivity index is 2.52. The van der Waals surface area contributed by atoms with Gasteiger partial charge in [-0.25, -0.2) is 4.99 Å². The van der Waals surface area contributed by atoms with Gasteiger partial charge in [-0.1, -0.05) is 6.07 Å². The molecule has 1 heterocycles. The first-order chi connectivity index (χ1) is 9.97. The van der Waals surface area contributed by atoms with Crippen LogP contribution in [0.1, 0.15) is 25.5 Å². The monoisotopic (exact) mass is 289 g/mol. The molecule has 1 atom stereocenters. The SMILES string of the molecule is COc1ccc(C2N=C(N)NC(C)=C2C(C)=O)cc1OC. The Labute approximate surface area is 123 Å². The van der Waals surface area contributed by atoms with E-state index in [4.69, 9.17) is 15.2 Å². The van der Waals surface area contributed by atoms with Crippen molar-refractivity contribution in [2.75, 3.05) is 14.2 Å². The van der Waals surface area contributed by atoms with E-state index in [1.165, 1.54) is 6.92 Å². The molecule has 3 N–H and O–H groups in total. The second-order valence-corrected chi connectivity index (χ2v) is 4.75. The number of ether oxygens (including phenoxy) is 2. The van der Waals surface area contributed by atoms with Crippen LogP contribution in [0.5, 0.6) is 11.5 Å². The van der Waals surface area contributed by atoms with Crippen LogP contribution in [0.25, 0.3) is 0 Å². The molecule has 0 aliphatic carbocycles. The first kappa shape index (κ1) is 14.9. The van der Waals surface area contributed by atoms with E-state index in [0.29, 0.717) is 17.1 Å². The molecule has 0 radical (unpaired) electrons. The first-order valence-electron chi connectivity index (χ1n) is 6.51. The smallest absolute Gasteiger partial charge is 0.193 e. The largest absolute Gasteiger partial charge is 0.493 e. The Morgan fingerprint density at radius 2 is 1.95 bits per heavy atom. The van der Waals surface area contributed by atoms with Crippen molar-refractivity contribution in [1.82, 2.24) is 5.32 Å². The van der Waals surface area contributed by atoms with Gasteiger partial charge in [0.05, 0.1) is 14.2 Å². The van der Waals surface area contributed by atoms with Gasteiger partial charge in [-0.15, -0.1) is 0 Å². The second-order valence-electron chi connectivity index (χ2n) is 4.75. The van der Waals surface area contributed by atoms with E-state index in [0.717, 1.165) is 11.3 Å². The molecule has 6 heteroatoms. The molecule has 2 rings (SSSR count). The van der Waals surface area contributed by atoms with Crippen molar-refractivity contribution in [2.24, 2.45) is 10.7 Å². The number of hydrogen-bond donors (Lipinski definition) is 2. The zero-order valence-corrected chi connectivity index (χ0v) is 12.6. The number of Topliss-reactive ketones (excluding diaryl/α,β-unsaturated/α-hetero) is 1. The highest BCUT2D eigenvalue weighted by atomic mass is 16.5. The average molecular weight is 289 g/mol. The molecule has 1 aromatic rings. The van der Waals surface area contributed by atoms with Crippen LogP contribution in [0.3, 0.4) is 0 Å². The van der Waals surface area contributed by atoms with Gasteiger partial charge in [-0.3, -0.25) is 4.79 Å². The number of aliphatic imine (C=N–C) groups is 1. The zero-order chi connectivity index (χ0) is 15.6. The molecule has 0 fully saturated rings. The van der Waals surface area contributed by atoms with Gasteiger partial charge >= 0.3 is 0 Å². The van der Waals surface area contributed by atoms with Crippen LogP contribution >= 0.6 is 0 Å². The molecular formula is C15H19N3O3. The van der Waals surface area contributed by atoms with Crippen molar-refractivity contribution < 1.29 is 14.3 Å². The molecule has 0 bridgehead atoms. The third kappa shape index (κ3) is 2.84. The van der Waals surface area contributed by atoms with Crippen molar-refractivity contribution in [2.45, 2.75) is 19.9 Å². The van der Waals surface area contributed by atoms with Gasteiger partial charge in [0.2, 0.25) is 0 Å². The van der Waals surface area contributed by atoms with Gasteiger partial charge in [-0.05, 0) is 31.5 Å².